The molecule has 0 aliphatic heterocycles. The van der Waals surface area contributed by atoms with Crippen LogP contribution in [0.25, 0.3) is 0 Å². The van der Waals surface area contributed by atoms with Crippen molar-refractivity contribution in [1.82, 2.24) is 0 Å². The van der Waals surface area contributed by atoms with Gasteiger partial charge < -0.3 is 9.84 Å². The van der Waals surface area contributed by atoms with E-state index in [2.05, 4.69) is 0 Å². The highest BCUT2D eigenvalue weighted by atomic mass is 16.6. The van der Waals surface area contributed by atoms with Crippen molar-refractivity contribution in [3.8, 4) is 0 Å². The molecule has 0 unspecified atom stereocenters. The molecule has 0 spiro atoms. The maximum atomic E-state index is 11.7. The smallest absolute Gasteiger partial charge is 0.337 e. The van der Waals surface area contributed by atoms with Crippen LogP contribution in [0.15, 0.2) is 35.6 Å². The van der Waals surface area contributed by atoms with Crippen LogP contribution in [-0.4, -0.2) is 22.6 Å². The molecule has 0 fully saturated rings. The van der Waals surface area contributed by atoms with E-state index in [-0.39, 0.29) is 30.0 Å². The molecule has 0 saturated heterocycles. The number of nitrogens with zero attached hydrogens (tertiary/aromatic N) is 1. The number of carbonyl (C=O) groups is 1. The normalized spacial score (nSPS) is 11.7. The highest BCUT2D eigenvalue weighted by molar-refractivity contribution is 5.89. The molecule has 1 aromatic carbocycles. The molecular weight excluding hydrogens is 250 g/mol. The van der Waals surface area contributed by atoms with Gasteiger partial charge in [0, 0.05) is 18.1 Å². The maximum absolute atomic E-state index is 11.7. The predicted molar refractivity (Wildman–Crippen MR) is 68.8 cm³/mol. The zero-order valence-corrected chi connectivity index (χ0v) is 10.8. The first-order chi connectivity index (χ1) is 8.97. The predicted octanol–water partition coefficient (Wildman–Crippen LogP) is 2.53. The molecule has 1 rings (SSSR count). The van der Waals surface area contributed by atoms with Crippen molar-refractivity contribution < 1.29 is 19.6 Å². The summed E-state index contributed by atoms with van der Waals surface area (Å²) in [5, 5.41) is 20.4. The van der Waals surface area contributed by atoms with Crippen molar-refractivity contribution in [1.29, 1.82) is 0 Å². The van der Waals surface area contributed by atoms with Gasteiger partial charge >= 0.3 is 5.97 Å². The highest BCUT2D eigenvalue weighted by Gasteiger charge is 2.20. The quantitative estimate of drug-likeness (QED) is 0.290. The van der Waals surface area contributed by atoms with Gasteiger partial charge in [-0.2, -0.15) is 0 Å². The zero-order valence-electron chi connectivity index (χ0n) is 10.8. The average Bonchev–Trinajstić information content (AvgIpc) is 2.36. The van der Waals surface area contributed by atoms with E-state index in [0.717, 1.165) is 0 Å². The maximum Gasteiger partial charge on any atom is 0.337 e. The number of aliphatic hydroxyl groups excluding tert-OH is 1. The number of nitro benzene ring substituents is 1. The summed E-state index contributed by atoms with van der Waals surface area (Å²) in [6.07, 6.45) is -0.0433. The van der Waals surface area contributed by atoms with Crippen LogP contribution in [0, 0.1) is 10.1 Å². The molecule has 0 bridgehead atoms. The molecule has 0 radical (unpaired) electrons. The number of hydrogen-bond acceptors (Lipinski definition) is 5. The number of hydrogen-bond donors (Lipinski definition) is 1. The van der Waals surface area contributed by atoms with E-state index in [0.29, 0.717) is 5.56 Å². The second-order valence-electron chi connectivity index (χ2n) is 3.85. The Bertz CT molecular complexity index is 518. The largest absolute Gasteiger partial charge is 0.512 e. The Kier molecular flexibility index (Phi) is 5.05. The van der Waals surface area contributed by atoms with Crippen LogP contribution in [0.5, 0.6) is 0 Å². The van der Waals surface area contributed by atoms with Crippen LogP contribution in [0.1, 0.15) is 19.4 Å². The molecule has 0 aliphatic carbocycles. The van der Waals surface area contributed by atoms with E-state index in [1.807, 2.05) is 0 Å². The van der Waals surface area contributed by atoms with E-state index in [1.165, 1.54) is 13.0 Å². The third kappa shape index (κ3) is 3.80. The lowest BCUT2D eigenvalue weighted by Crippen LogP contribution is -2.12. The van der Waals surface area contributed by atoms with Gasteiger partial charge in [-0.15, -0.1) is 0 Å². The van der Waals surface area contributed by atoms with Gasteiger partial charge in [0.15, 0.2) is 0 Å². The second kappa shape index (κ2) is 6.53. The number of carbonyl (C=O) groups excluding carboxylic acids is 1. The van der Waals surface area contributed by atoms with Crippen LogP contribution in [0.3, 0.4) is 0 Å². The number of aliphatic hydroxyl groups is 1. The standard InChI is InChI=1S/C13H15NO5/c1-3-19-13(16)11(9(2)15)8-10-6-4-5-7-12(10)14(17)18/h4-7,15H,3,8H2,1-2H3/b11-9+. The SMILES string of the molecule is CCOC(=O)/C(Cc1ccccc1[N+](=O)[O-])=C(\C)O. The van der Waals surface area contributed by atoms with Gasteiger partial charge in [0.25, 0.3) is 5.69 Å². The number of esters is 1. The minimum Gasteiger partial charge on any atom is -0.512 e. The summed E-state index contributed by atoms with van der Waals surface area (Å²) in [4.78, 5) is 22.0. The van der Waals surface area contributed by atoms with Gasteiger partial charge in [0.05, 0.1) is 22.9 Å². The van der Waals surface area contributed by atoms with E-state index >= 15 is 0 Å². The van der Waals surface area contributed by atoms with Gasteiger partial charge in [-0.3, -0.25) is 10.1 Å². The number of allylic oxidation sites excluding steroid dienone is 1. The summed E-state index contributed by atoms with van der Waals surface area (Å²) in [6, 6.07) is 6.07. The van der Waals surface area contributed by atoms with Crippen LogP contribution in [0.2, 0.25) is 0 Å². The van der Waals surface area contributed by atoms with E-state index < -0.39 is 10.9 Å². The molecule has 0 aromatic heterocycles. The lowest BCUT2D eigenvalue weighted by Gasteiger charge is -2.08. The number of benzene rings is 1. The number of ether oxygens (including phenoxy) is 1. The van der Waals surface area contributed by atoms with Crippen LogP contribution < -0.4 is 0 Å². The van der Waals surface area contributed by atoms with Crippen molar-refractivity contribution >= 4 is 11.7 Å². The molecule has 6 heteroatoms. The summed E-state index contributed by atoms with van der Waals surface area (Å²) >= 11 is 0. The van der Waals surface area contributed by atoms with Crippen LogP contribution in [0.4, 0.5) is 5.69 Å². The van der Waals surface area contributed by atoms with E-state index in [1.54, 1.807) is 25.1 Å². The summed E-state index contributed by atoms with van der Waals surface area (Å²) in [6.45, 7) is 3.17. The molecule has 0 amide bonds. The van der Waals surface area contributed by atoms with Crippen molar-refractivity contribution in [3.05, 3.63) is 51.3 Å². The van der Waals surface area contributed by atoms with Crippen molar-refractivity contribution in [2.24, 2.45) is 0 Å². The van der Waals surface area contributed by atoms with Gasteiger partial charge in [-0.25, -0.2) is 4.79 Å². The van der Waals surface area contributed by atoms with Gasteiger partial charge in [0.1, 0.15) is 0 Å². The van der Waals surface area contributed by atoms with Gasteiger partial charge in [-0.1, -0.05) is 18.2 Å². The third-order valence-corrected chi connectivity index (χ3v) is 2.51. The second-order valence-corrected chi connectivity index (χ2v) is 3.85. The fourth-order valence-electron chi connectivity index (χ4n) is 1.59. The Morgan fingerprint density at radius 1 is 1.42 bits per heavy atom. The molecule has 19 heavy (non-hydrogen) atoms. The molecular formula is C13H15NO5. The number of nitro groups is 1. The summed E-state index contributed by atoms with van der Waals surface area (Å²) < 4.78 is 4.81. The molecule has 6 nitrogen and oxygen atoms in total. The fraction of sp³-hybridized carbons (Fsp3) is 0.308. The first-order valence-corrected chi connectivity index (χ1v) is 5.75. The summed E-state index contributed by atoms with van der Waals surface area (Å²) in [5.74, 6) is -0.864. The van der Waals surface area contributed by atoms with Crippen LogP contribution >= 0.6 is 0 Å². The minimum atomic E-state index is -0.666. The Morgan fingerprint density at radius 3 is 2.58 bits per heavy atom. The van der Waals surface area contributed by atoms with Crippen molar-refractivity contribution in [2.75, 3.05) is 6.61 Å². The van der Waals surface area contributed by atoms with E-state index in [9.17, 15) is 20.0 Å². The minimum absolute atomic E-state index is 0.0242. The Labute approximate surface area is 110 Å². The molecule has 0 atom stereocenters. The monoisotopic (exact) mass is 265 g/mol. The zero-order chi connectivity index (χ0) is 14.4. The molecule has 0 aliphatic rings. The average molecular weight is 265 g/mol. The van der Waals surface area contributed by atoms with Crippen molar-refractivity contribution in [2.45, 2.75) is 20.3 Å². The summed E-state index contributed by atoms with van der Waals surface area (Å²) in [7, 11) is 0. The lowest BCUT2D eigenvalue weighted by atomic mass is 10.0. The molecule has 0 heterocycles. The Balaban J connectivity index is 3.09. The number of rotatable bonds is 5. The topological polar surface area (TPSA) is 89.7 Å². The van der Waals surface area contributed by atoms with E-state index in [4.69, 9.17) is 4.74 Å². The Hall–Kier alpha value is -2.37. The molecule has 1 aromatic rings. The highest BCUT2D eigenvalue weighted by Crippen LogP contribution is 2.22. The molecule has 102 valence electrons. The van der Waals surface area contributed by atoms with Crippen LogP contribution in [-0.2, 0) is 16.0 Å². The molecule has 0 saturated carbocycles. The number of para-hydroxylation sites is 1. The lowest BCUT2D eigenvalue weighted by molar-refractivity contribution is -0.385. The third-order valence-electron chi connectivity index (χ3n) is 2.51. The molecule has 1 N–H and O–H groups in total. The fourth-order valence-corrected chi connectivity index (χ4v) is 1.59. The van der Waals surface area contributed by atoms with Crippen molar-refractivity contribution in [3.63, 3.8) is 0 Å². The first-order valence-electron chi connectivity index (χ1n) is 5.75. The summed E-state index contributed by atoms with van der Waals surface area (Å²) in [5.41, 5.74) is 0.283. The van der Waals surface area contributed by atoms with Gasteiger partial charge in [-0.05, 0) is 13.8 Å². The Morgan fingerprint density at radius 2 is 2.05 bits per heavy atom. The first kappa shape index (κ1) is 14.7. The van der Waals surface area contributed by atoms with Gasteiger partial charge in [0.2, 0.25) is 0 Å².